The number of carbonyl (C=O) groups excluding carboxylic acids is 1. The van der Waals surface area contributed by atoms with Gasteiger partial charge in [-0.1, -0.05) is 0 Å². The largest absolute Gasteiger partial charge is 0.497 e. The van der Waals surface area contributed by atoms with Gasteiger partial charge in [0.2, 0.25) is 5.88 Å². The molecule has 9 nitrogen and oxygen atoms in total. The van der Waals surface area contributed by atoms with Gasteiger partial charge in [-0.3, -0.25) is 4.79 Å². The Morgan fingerprint density at radius 2 is 2.30 bits per heavy atom. The molecule has 2 aromatic heterocycles. The Balaban J connectivity index is 1.52. The Morgan fingerprint density at radius 1 is 1.37 bits per heavy atom. The van der Waals surface area contributed by atoms with Crippen molar-refractivity contribution in [3.05, 3.63) is 36.7 Å². The average molecular weight is 412 g/mol. The fourth-order valence-corrected chi connectivity index (χ4v) is 4.00. The van der Waals surface area contributed by atoms with E-state index in [1.165, 1.54) is 0 Å². The maximum Gasteiger partial charge on any atom is 0.252 e. The first-order chi connectivity index (χ1) is 15.8. The summed E-state index contributed by atoms with van der Waals surface area (Å²) < 4.78 is 40.3. The van der Waals surface area contributed by atoms with E-state index in [1.54, 1.807) is 35.0 Å². The second-order valence-corrected chi connectivity index (χ2v) is 7.31. The van der Waals surface area contributed by atoms with Gasteiger partial charge in [-0.2, -0.15) is 10.1 Å². The zero-order valence-electron chi connectivity index (χ0n) is 19.4. The van der Waals surface area contributed by atoms with Crippen LogP contribution in [0.4, 0.5) is 5.69 Å². The molecule has 0 radical (unpaired) electrons. The first-order valence-corrected chi connectivity index (χ1v) is 9.69. The number of carbonyl (C=O) groups is 1. The van der Waals surface area contributed by atoms with E-state index in [0.717, 1.165) is 16.8 Å². The Hall–Kier alpha value is -3.33. The minimum atomic E-state index is -2.65. The zero-order valence-corrected chi connectivity index (χ0v) is 16.4. The maximum absolute atomic E-state index is 12.9. The second-order valence-electron chi connectivity index (χ2n) is 7.31. The minimum absolute atomic E-state index is 0.165. The van der Waals surface area contributed by atoms with E-state index in [9.17, 15) is 4.79 Å². The highest BCUT2D eigenvalue weighted by molar-refractivity contribution is 5.84. The molecule has 2 aliphatic rings. The number of fused-ring (bicyclic) bond motifs is 5. The molecular weight excluding hydrogens is 386 g/mol. The van der Waals surface area contributed by atoms with E-state index in [4.69, 9.17) is 18.3 Å². The summed E-state index contributed by atoms with van der Waals surface area (Å²) in [5, 5.41) is 7.71. The summed E-state index contributed by atoms with van der Waals surface area (Å²) in [6.45, 7) is 0.965. The van der Waals surface area contributed by atoms with Crippen molar-refractivity contribution in [2.24, 2.45) is 0 Å². The third-order valence-corrected chi connectivity index (χ3v) is 5.53. The molecule has 156 valence electrons. The summed E-state index contributed by atoms with van der Waals surface area (Å²) in [5.41, 5.74) is 3.12. The first kappa shape index (κ1) is 15.5. The van der Waals surface area contributed by atoms with Gasteiger partial charge in [0.05, 0.1) is 23.5 Å². The molecule has 0 spiro atoms. The molecule has 0 aliphatic carbocycles. The smallest absolute Gasteiger partial charge is 0.252 e. The summed E-state index contributed by atoms with van der Waals surface area (Å²) in [4.78, 5) is 19.1. The maximum atomic E-state index is 12.9. The molecule has 30 heavy (non-hydrogen) atoms. The van der Waals surface area contributed by atoms with Crippen molar-refractivity contribution in [2.45, 2.75) is 18.6 Å². The quantitative estimate of drug-likeness (QED) is 0.687. The summed E-state index contributed by atoms with van der Waals surface area (Å²) in [7, 11) is -1.05. The van der Waals surface area contributed by atoms with Crippen LogP contribution in [0.15, 0.2) is 36.7 Å². The van der Waals surface area contributed by atoms with Crippen molar-refractivity contribution in [3.8, 4) is 22.8 Å². The van der Waals surface area contributed by atoms with Gasteiger partial charge in [0.25, 0.3) is 5.91 Å². The first-order valence-electron chi connectivity index (χ1n) is 11.2. The zero-order chi connectivity index (χ0) is 23.2. The van der Waals surface area contributed by atoms with E-state index in [2.05, 4.69) is 15.4 Å². The van der Waals surface area contributed by atoms with Gasteiger partial charge in [-0.15, -0.1) is 0 Å². The summed E-state index contributed by atoms with van der Waals surface area (Å²) in [6, 6.07) is 7.08. The minimum Gasteiger partial charge on any atom is -0.497 e. The Kier molecular flexibility index (Phi) is 3.87. The standard InChI is InChI=1S/C21H23N5O4/c1-28-16-8-13-7-14(9-16)22-4-6-25-15(10-18(29-2)21(25)27)12-30-19-3-5-26-20(24-19)17(13)11-23-26/h3,5,7-9,11,15,18,22H,4,6,10,12H2,1-2H3/t15-,18+/m0/s1/i2D3. The van der Waals surface area contributed by atoms with Crippen LogP contribution in [0.1, 0.15) is 10.5 Å². The van der Waals surface area contributed by atoms with Crippen molar-refractivity contribution in [3.63, 3.8) is 0 Å². The number of hydrogen-bond donors (Lipinski definition) is 1. The van der Waals surface area contributed by atoms with E-state index < -0.39 is 13.1 Å². The number of benzene rings is 1. The highest BCUT2D eigenvalue weighted by Gasteiger charge is 2.39. The number of aromatic nitrogens is 3. The number of anilines is 1. The molecule has 4 bridgehead atoms. The predicted molar refractivity (Wildman–Crippen MR) is 110 cm³/mol. The molecule has 1 saturated heterocycles. The lowest BCUT2D eigenvalue weighted by Crippen LogP contribution is -2.41. The van der Waals surface area contributed by atoms with Gasteiger partial charge >= 0.3 is 0 Å². The average Bonchev–Trinajstić information content (AvgIpc) is 3.32. The van der Waals surface area contributed by atoms with Gasteiger partial charge in [-0.05, 0) is 17.7 Å². The lowest BCUT2D eigenvalue weighted by molar-refractivity contribution is -0.136. The monoisotopic (exact) mass is 412 g/mol. The van der Waals surface area contributed by atoms with Crippen LogP contribution in [0.25, 0.3) is 16.8 Å². The Labute approximate surface area is 177 Å². The lowest BCUT2D eigenvalue weighted by Gasteiger charge is -2.25. The number of methoxy groups -OCH3 is 2. The van der Waals surface area contributed by atoms with Crippen molar-refractivity contribution in [1.29, 1.82) is 0 Å². The molecule has 0 saturated carbocycles. The van der Waals surface area contributed by atoms with Crippen molar-refractivity contribution >= 4 is 17.2 Å². The van der Waals surface area contributed by atoms with Crippen LogP contribution in [0.5, 0.6) is 11.6 Å². The Bertz CT molecular complexity index is 1200. The van der Waals surface area contributed by atoms with Gasteiger partial charge < -0.3 is 24.4 Å². The Morgan fingerprint density at radius 3 is 3.17 bits per heavy atom. The predicted octanol–water partition coefficient (Wildman–Crippen LogP) is 1.83. The second kappa shape index (κ2) is 7.49. The van der Waals surface area contributed by atoms with Crippen molar-refractivity contribution in [1.82, 2.24) is 19.5 Å². The van der Waals surface area contributed by atoms with Crippen LogP contribution in [-0.2, 0) is 9.53 Å². The summed E-state index contributed by atoms with van der Waals surface area (Å²) >= 11 is 0. The van der Waals surface area contributed by atoms with Gasteiger partial charge in [0, 0.05) is 56.1 Å². The van der Waals surface area contributed by atoms with E-state index >= 15 is 0 Å². The SMILES string of the molecule is [2H]C([2H])([2H])O[C@@H]1C[C@H]2COc3ccn4ncc(c4n3)-c3cc(cc(OC)c3)NCCN2C1=O. The molecule has 5 rings (SSSR count). The van der Waals surface area contributed by atoms with Gasteiger partial charge in [-0.25, -0.2) is 4.52 Å². The molecule has 0 unspecified atom stereocenters. The molecule has 1 aromatic carbocycles. The van der Waals surface area contributed by atoms with Crippen LogP contribution in [0, 0.1) is 0 Å². The number of amides is 1. The van der Waals surface area contributed by atoms with Crippen LogP contribution >= 0.6 is 0 Å². The molecular formula is C21H23N5O4. The fraction of sp³-hybridized carbons (Fsp3) is 0.381. The molecule has 9 heteroatoms. The molecule has 1 N–H and O–H groups in total. The molecule has 1 fully saturated rings. The van der Waals surface area contributed by atoms with Crippen molar-refractivity contribution in [2.75, 3.05) is 39.2 Å². The number of rotatable bonds is 2. The lowest BCUT2D eigenvalue weighted by atomic mass is 10.1. The van der Waals surface area contributed by atoms with E-state index in [-0.39, 0.29) is 25.0 Å². The molecule has 1 amide bonds. The van der Waals surface area contributed by atoms with E-state index in [1.807, 2.05) is 18.2 Å². The topological polar surface area (TPSA) is 90.2 Å². The van der Waals surface area contributed by atoms with Gasteiger partial charge in [0.15, 0.2) is 5.65 Å². The fourth-order valence-electron chi connectivity index (χ4n) is 4.00. The molecule has 2 atom stereocenters. The number of ether oxygens (including phenoxy) is 3. The highest BCUT2D eigenvalue weighted by atomic mass is 16.5. The number of hydrogen-bond acceptors (Lipinski definition) is 7. The highest BCUT2D eigenvalue weighted by Crippen LogP contribution is 2.32. The van der Waals surface area contributed by atoms with Gasteiger partial charge in [0.1, 0.15) is 18.5 Å². The summed E-state index contributed by atoms with van der Waals surface area (Å²) in [5.74, 6) is 0.687. The van der Waals surface area contributed by atoms with Crippen molar-refractivity contribution < 1.29 is 23.1 Å². The third kappa shape index (κ3) is 3.21. The van der Waals surface area contributed by atoms with Crippen LogP contribution < -0.4 is 14.8 Å². The third-order valence-electron chi connectivity index (χ3n) is 5.53. The van der Waals surface area contributed by atoms with Crippen LogP contribution in [0.2, 0.25) is 0 Å². The normalized spacial score (nSPS) is 23.0. The molecule has 3 aromatic rings. The molecule has 2 aliphatic heterocycles. The van der Waals surface area contributed by atoms with E-state index in [0.29, 0.717) is 30.4 Å². The van der Waals surface area contributed by atoms with Crippen LogP contribution in [0.3, 0.4) is 0 Å². The summed E-state index contributed by atoms with van der Waals surface area (Å²) in [6.07, 6.45) is 2.68. The number of nitrogens with one attached hydrogen (secondary N) is 1. The molecule has 4 heterocycles. The number of nitrogens with zero attached hydrogens (tertiary/aromatic N) is 4. The van der Waals surface area contributed by atoms with Crippen LogP contribution in [-0.4, -0.2) is 71.4 Å².